The van der Waals surface area contributed by atoms with Crippen LogP contribution in [0.1, 0.15) is 23.6 Å². The van der Waals surface area contributed by atoms with Crippen molar-refractivity contribution in [3.63, 3.8) is 0 Å². The zero-order valence-electron chi connectivity index (χ0n) is 18.2. The van der Waals surface area contributed by atoms with Crippen molar-refractivity contribution in [2.75, 3.05) is 14.2 Å². The summed E-state index contributed by atoms with van der Waals surface area (Å²) in [5.74, 6) is 2.51. The second kappa shape index (κ2) is 8.08. The van der Waals surface area contributed by atoms with Gasteiger partial charge in [0.1, 0.15) is 5.82 Å². The van der Waals surface area contributed by atoms with Gasteiger partial charge in [-0.1, -0.05) is 30.3 Å². The van der Waals surface area contributed by atoms with Crippen LogP contribution in [0, 0.1) is 0 Å². The van der Waals surface area contributed by atoms with Crippen molar-refractivity contribution >= 4 is 11.0 Å². The largest absolute Gasteiger partial charge is 0.493 e. The SMILES string of the molecule is COc1cc2c(cc1OC)CN(Cc1cccc(-c3nc4ccccc4[nH]3)c1)C(C)C2. The Labute approximate surface area is 182 Å². The molecule has 1 unspecified atom stereocenters. The van der Waals surface area contributed by atoms with Crippen molar-refractivity contribution in [3.05, 3.63) is 77.4 Å². The number of rotatable bonds is 5. The van der Waals surface area contributed by atoms with Crippen LogP contribution in [0.4, 0.5) is 0 Å². The molecule has 0 bridgehead atoms. The number of H-pyrrole nitrogens is 1. The van der Waals surface area contributed by atoms with Crippen molar-refractivity contribution in [1.82, 2.24) is 14.9 Å². The topological polar surface area (TPSA) is 50.4 Å². The molecule has 5 nitrogen and oxygen atoms in total. The Hall–Kier alpha value is -3.31. The third-order valence-electron chi connectivity index (χ3n) is 6.19. The fourth-order valence-electron chi connectivity index (χ4n) is 4.48. The monoisotopic (exact) mass is 413 g/mol. The number of ether oxygens (including phenoxy) is 2. The fraction of sp³-hybridized carbons (Fsp3) is 0.269. The lowest BCUT2D eigenvalue weighted by atomic mass is 9.93. The summed E-state index contributed by atoms with van der Waals surface area (Å²) in [7, 11) is 3.38. The molecule has 1 aromatic heterocycles. The standard InChI is InChI=1S/C26H27N3O2/c1-17-11-20-13-24(30-2)25(31-3)14-21(20)16-29(17)15-18-7-6-8-19(12-18)26-27-22-9-4-5-10-23(22)28-26/h4-10,12-14,17H,11,15-16H2,1-3H3,(H,27,28). The molecule has 0 aliphatic carbocycles. The first-order valence-electron chi connectivity index (χ1n) is 10.7. The zero-order valence-corrected chi connectivity index (χ0v) is 18.2. The minimum atomic E-state index is 0.445. The first-order valence-corrected chi connectivity index (χ1v) is 10.7. The molecule has 0 fully saturated rings. The van der Waals surface area contributed by atoms with E-state index in [2.05, 4.69) is 59.3 Å². The van der Waals surface area contributed by atoms with Crippen LogP contribution in [0.15, 0.2) is 60.7 Å². The predicted octanol–water partition coefficient (Wildman–Crippen LogP) is 5.19. The molecule has 31 heavy (non-hydrogen) atoms. The zero-order chi connectivity index (χ0) is 21.4. The summed E-state index contributed by atoms with van der Waals surface area (Å²) in [6.45, 7) is 4.08. The molecule has 0 spiro atoms. The minimum absolute atomic E-state index is 0.445. The predicted molar refractivity (Wildman–Crippen MR) is 123 cm³/mol. The van der Waals surface area contributed by atoms with Gasteiger partial charge >= 0.3 is 0 Å². The van der Waals surface area contributed by atoms with E-state index in [1.807, 2.05) is 18.2 Å². The van der Waals surface area contributed by atoms with Gasteiger partial charge in [0.2, 0.25) is 0 Å². The van der Waals surface area contributed by atoms with Gasteiger partial charge in [-0.25, -0.2) is 4.98 Å². The normalized spacial score (nSPS) is 16.3. The third kappa shape index (κ3) is 3.77. The summed E-state index contributed by atoms with van der Waals surface area (Å²) < 4.78 is 11.0. The molecule has 0 saturated heterocycles. The van der Waals surface area contributed by atoms with Gasteiger partial charge < -0.3 is 14.5 Å². The fourth-order valence-corrected chi connectivity index (χ4v) is 4.48. The van der Waals surface area contributed by atoms with E-state index in [1.54, 1.807) is 14.2 Å². The Kier molecular flexibility index (Phi) is 5.12. The van der Waals surface area contributed by atoms with Crippen LogP contribution in [0.3, 0.4) is 0 Å². The number of nitrogens with one attached hydrogen (secondary N) is 1. The van der Waals surface area contributed by atoms with Gasteiger partial charge in [0, 0.05) is 24.7 Å². The number of imidazole rings is 1. The van der Waals surface area contributed by atoms with E-state index in [1.165, 1.54) is 16.7 Å². The van der Waals surface area contributed by atoms with Crippen molar-refractivity contribution in [1.29, 1.82) is 0 Å². The summed E-state index contributed by atoms with van der Waals surface area (Å²) in [6.07, 6.45) is 0.999. The number of aromatic nitrogens is 2. The maximum absolute atomic E-state index is 5.52. The molecule has 1 aliphatic heterocycles. The first kappa shape index (κ1) is 19.6. The van der Waals surface area contributed by atoms with E-state index in [-0.39, 0.29) is 0 Å². The quantitative estimate of drug-likeness (QED) is 0.489. The Balaban J connectivity index is 1.39. The van der Waals surface area contributed by atoms with Crippen LogP contribution in [-0.4, -0.2) is 35.1 Å². The van der Waals surface area contributed by atoms with E-state index >= 15 is 0 Å². The number of hydrogen-bond donors (Lipinski definition) is 1. The highest BCUT2D eigenvalue weighted by molar-refractivity contribution is 5.79. The summed E-state index contributed by atoms with van der Waals surface area (Å²) in [4.78, 5) is 10.7. The number of hydrogen-bond acceptors (Lipinski definition) is 4. The molecular weight excluding hydrogens is 386 g/mol. The number of nitrogens with zero attached hydrogens (tertiary/aromatic N) is 2. The van der Waals surface area contributed by atoms with Gasteiger partial charge in [0.25, 0.3) is 0 Å². The number of methoxy groups -OCH3 is 2. The molecule has 5 rings (SSSR count). The highest BCUT2D eigenvalue weighted by Crippen LogP contribution is 2.35. The molecule has 1 atom stereocenters. The Morgan fingerprint density at radius 2 is 1.74 bits per heavy atom. The Morgan fingerprint density at radius 1 is 0.968 bits per heavy atom. The van der Waals surface area contributed by atoms with Crippen molar-refractivity contribution in [3.8, 4) is 22.9 Å². The van der Waals surface area contributed by atoms with Crippen molar-refractivity contribution in [2.45, 2.75) is 32.5 Å². The van der Waals surface area contributed by atoms with Gasteiger partial charge in [0.15, 0.2) is 11.5 Å². The highest BCUT2D eigenvalue weighted by Gasteiger charge is 2.25. The van der Waals surface area contributed by atoms with E-state index in [9.17, 15) is 0 Å². The van der Waals surface area contributed by atoms with E-state index in [0.717, 1.165) is 53.4 Å². The maximum atomic E-state index is 5.52. The van der Waals surface area contributed by atoms with Gasteiger partial charge in [-0.05, 0) is 60.4 Å². The van der Waals surface area contributed by atoms with Gasteiger partial charge in [0.05, 0.1) is 25.3 Å². The summed E-state index contributed by atoms with van der Waals surface area (Å²) in [5.41, 5.74) is 7.11. The Morgan fingerprint density at radius 3 is 2.52 bits per heavy atom. The molecule has 5 heteroatoms. The average molecular weight is 414 g/mol. The van der Waals surface area contributed by atoms with Crippen LogP contribution in [0.5, 0.6) is 11.5 Å². The van der Waals surface area contributed by atoms with Crippen LogP contribution in [0.25, 0.3) is 22.4 Å². The number of aromatic amines is 1. The van der Waals surface area contributed by atoms with Gasteiger partial charge in [-0.2, -0.15) is 0 Å². The summed E-state index contributed by atoms with van der Waals surface area (Å²) in [6, 6.07) is 21.5. The van der Waals surface area contributed by atoms with E-state index in [0.29, 0.717) is 6.04 Å². The van der Waals surface area contributed by atoms with Crippen LogP contribution < -0.4 is 9.47 Å². The second-order valence-electron chi connectivity index (χ2n) is 8.24. The summed E-state index contributed by atoms with van der Waals surface area (Å²) in [5, 5.41) is 0. The lowest BCUT2D eigenvalue weighted by Crippen LogP contribution is -2.37. The lowest BCUT2D eigenvalue weighted by Gasteiger charge is -2.35. The molecule has 3 aromatic carbocycles. The molecule has 1 N–H and O–H groups in total. The molecular formula is C26H27N3O2. The van der Waals surface area contributed by atoms with Crippen LogP contribution in [0.2, 0.25) is 0 Å². The highest BCUT2D eigenvalue weighted by atomic mass is 16.5. The molecule has 0 saturated carbocycles. The van der Waals surface area contributed by atoms with E-state index < -0.39 is 0 Å². The third-order valence-corrected chi connectivity index (χ3v) is 6.19. The molecule has 2 heterocycles. The van der Waals surface area contributed by atoms with Crippen LogP contribution >= 0.6 is 0 Å². The summed E-state index contributed by atoms with van der Waals surface area (Å²) >= 11 is 0. The molecule has 0 radical (unpaired) electrons. The second-order valence-corrected chi connectivity index (χ2v) is 8.24. The van der Waals surface area contributed by atoms with Crippen molar-refractivity contribution in [2.24, 2.45) is 0 Å². The molecule has 4 aromatic rings. The average Bonchev–Trinajstić information content (AvgIpc) is 3.23. The number of fused-ring (bicyclic) bond motifs is 2. The first-order chi connectivity index (χ1) is 15.1. The molecule has 1 aliphatic rings. The number of para-hydroxylation sites is 2. The van der Waals surface area contributed by atoms with Crippen molar-refractivity contribution < 1.29 is 9.47 Å². The molecule has 158 valence electrons. The molecule has 0 amide bonds. The smallest absolute Gasteiger partial charge is 0.161 e. The van der Waals surface area contributed by atoms with Gasteiger partial charge in [-0.3, -0.25) is 4.90 Å². The lowest BCUT2D eigenvalue weighted by molar-refractivity contribution is 0.174. The number of benzene rings is 3. The van der Waals surface area contributed by atoms with E-state index in [4.69, 9.17) is 14.5 Å². The minimum Gasteiger partial charge on any atom is -0.493 e. The Bertz CT molecular complexity index is 1200. The van der Waals surface area contributed by atoms with Crippen LogP contribution in [-0.2, 0) is 19.5 Å². The van der Waals surface area contributed by atoms with Gasteiger partial charge in [-0.15, -0.1) is 0 Å². The maximum Gasteiger partial charge on any atom is 0.161 e.